The van der Waals surface area contributed by atoms with E-state index in [0.29, 0.717) is 43.8 Å². The Hall–Kier alpha value is -3.16. The fourth-order valence-corrected chi connectivity index (χ4v) is 4.22. The van der Waals surface area contributed by atoms with Gasteiger partial charge < -0.3 is 20.1 Å². The standard InChI is InChI=1S/C21H24N4O4/c1-13-16(14(2)29-24-13)11-22-18(26)17-10-21(20(28)23-17)8-9-25(12-21)19(27)15-6-4-3-5-7-15/h3-7,17H,8-12H2,1-2H3,(H,22,26)(H,23,28)/t17-,21+/m0/s1. The molecule has 2 aromatic rings. The summed E-state index contributed by atoms with van der Waals surface area (Å²) in [5.74, 6) is 0.198. The molecule has 0 bridgehead atoms. The fourth-order valence-electron chi connectivity index (χ4n) is 4.22. The normalized spacial score (nSPS) is 23.4. The lowest BCUT2D eigenvalue weighted by atomic mass is 9.84. The second kappa shape index (κ2) is 7.35. The van der Waals surface area contributed by atoms with E-state index in [4.69, 9.17) is 4.52 Å². The third kappa shape index (κ3) is 3.50. The molecule has 1 aromatic carbocycles. The van der Waals surface area contributed by atoms with E-state index >= 15 is 0 Å². The van der Waals surface area contributed by atoms with Gasteiger partial charge in [-0.2, -0.15) is 0 Å². The molecule has 0 saturated carbocycles. The van der Waals surface area contributed by atoms with Crippen LogP contribution in [-0.2, 0) is 16.1 Å². The molecule has 2 atom stereocenters. The highest BCUT2D eigenvalue weighted by Gasteiger charge is 2.53. The predicted octanol–water partition coefficient (Wildman–Crippen LogP) is 1.33. The van der Waals surface area contributed by atoms with Crippen molar-refractivity contribution in [2.75, 3.05) is 13.1 Å². The molecule has 29 heavy (non-hydrogen) atoms. The number of aromatic nitrogens is 1. The van der Waals surface area contributed by atoms with Gasteiger partial charge in [-0.05, 0) is 38.8 Å². The molecule has 2 aliphatic rings. The van der Waals surface area contributed by atoms with Crippen LogP contribution >= 0.6 is 0 Å². The van der Waals surface area contributed by atoms with E-state index in [2.05, 4.69) is 15.8 Å². The molecule has 2 N–H and O–H groups in total. The average molecular weight is 396 g/mol. The van der Waals surface area contributed by atoms with Gasteiger partial charge in [0.15, 0.2) is 0 Å². The highest BCUT2D eigenvalue weighted by molar-refractivity contribution is 5.97. The van der Waals surface area contributed by atoms with E-state index in [1.165, 1.54) is 0 Å². The average Bonchev–Trinajstić information content (AvgIpc) is 3.39. The number of carbonyl (C=O) groups excluding carboxylic acids is 3. The molecule has 2 saturated heterocycles. The second-order valence-corrected chi connectivity index (χ2v) is 7.87. The zero-order valence-electron chi connectivity index (χ0n) is 16.5. The molecule has 2 fully saturated rings. The number of amides is 3. The van der Waals surface area contributed by atoms with Gasteiger partial charge >= 0.3 is 0 Å². The van der Waals surface area contributed by atoms with Crippen LogP contribution in [0.3, 0.4) is 0 Å². The van der Waals surface area contributed by atoms with Crippen molar-refractivity contribution in [3.05, 3.63) is 52.9 Å². The lowest BCUT2D eigenvalue weighted by molar-refractivity contribution is -0.128. The number of nitrogens with zero attached hydrogens (tertiary/aromatic N) is 2. The van der Waals surface area contributed by atoms with Gasteiger partial charge in [0.25, 0.3) is 5.91 Å². The molecule has 0 unspecified atom stereocenters. The van der Waals surface area contributed by atoms with E-state index in [0.717, 1.165) is 11.3 Å². The summed E-state index contributed by atoms with van der Waals surface area (Å²) in [5, 5.41) is 9.56. The lowest BCUT2D eigenvalue weighted by Gasteiger charge is -2.21. The van der Waals surface area contributed by atoms with Crippen molar-refractivity contribution in [1.82, 2.24) is 20.7 Å². The highest BCUT2D eigenvalue weighted by atomic mass is 16.5. The van der Waals surface area contributed by atoms with E-state index in [1.54, 1.807) is 24.0 Å². The van der Waals surface area contributed by atoms with Gasteiger partial charge in [-0.25, -0.2) is 0 Å². The van der Waals surface area contributed by atoms with Crippen LogP contribution in [-0.4, -0.2) is 46.9 Å². The third-order valence-electron chi connectivity index (χ3n) is 5.98. The summed E-state index contributed by atoms with van der Waals surface area (Å²) in [4.78, 5) is 39.7. The van der Waals surface area contributed by atoms with Crippen molar-refractivity contribution >= 4 is 17.7 Å². The summed E-state index contributed by atoms with van der Waals surface area (Å²) in [6, 6.07) is 8.44. The number of nitrogens with one attached hydrogen (secondary N) is 2. The van der Waals surface area contributed by atoms with E-state index in [-0.39, 0.29) is 17.7 Å². The van der Waals surface area contributed by atoms with Crippen LogP contribution in [0, 0.1) is 19.3 Å². The van der Waals surface area contributed by atoms with Crippen molar-refractivity contribution in [1.29, 1.82) is 0 Å². The molecule has 3 heterocycles. The number of hydrogen-bond acceptors (Lipinski definition) is 5. The maximum absolute atomic E-state index is 12.7. The first-order chi connectivity index (χ1) is 13.9. The quantitative estimate of drug-likeness (QED) is 0.811. The van der Waals surface area contributed by atoms with Crippen molar-refractivity contribution in [2.24, 2.45) is 5.41 Å². The summed E-state index contributed by atoms with van der Waals surface area (Å²) >= 11 is 0. The zero-order valence-corrected chi connectivity index (χ0v) is 16.5. The Morgan fingerprint density at radius 3 is 2.76 bits per heavy atom. The minimum atomic E-state index is -0.699. The maximum Gasteiger partial charge on any atom is 0.253 e. The third-order valence-corrected chi connectivity index (χ3v) is 5.98. The molecule has 4 rings (SSSR count). The monoisotopic (exact) mass is 396 g/mol. The number of carbonyl (C=O) groups is 3. The molecule has 0 radical (unpaired) electrons. The Labute approximate surface area is 168 Å². The van der Waals surface area contributed by atoms with Gasteiger partial charge in [0, 0.05) is 30.8 Å². The Balaban J connectivity index is 1.39. The van der Waals surface area contributed by atoms with Crippen LogP contribution in [0.2, 0.25) is 0 Å². The minimum absolute atomic E-state index is 0.0819. The fraction of sp³-hybridized carbons (Fsp3) is 0.429. The van der Waals surface area contributed by atoms with Crippen molar-refractivity contribution in [3.63, 3.8) is 0 Å². The van der Waals surface area contributed by atoms with Gasteiger partial charge in [-0.1, -0.05) is 23.4 Å². The van der Waals surface area contributed by atoms with Crippen LogP contribution < -0.4 is 10.6 Å². The maximum atomic E-state index is 12.7. The lowest BCUT2D eigenvalue weighted by Crippen LogP contribution is -2.41. The molecule has 8 heteroatoms. The van der Waals surface area contributed by atoms with Gasteiger partial charge in [0.05, 0.1) is 11.1 Å². The summed E-state index contributed by atoms with van der Waals surface area (Å²) in [5.41, 5.74) is 1.49. The summed E-state index contributed by atoms with van der Waals surface area (Å²) in [6.45, 7) is 4.76. The number of likely N-dealkylation sites (tertiary alicyclic amines) is 1. The van der Waals surface area contributed by atoms with E-state index in [9.17, 15) is 14.4 Å². The molecule has 3 amide bonds. The summed E-state index contributed by atoms with van der Waals surface area (Å²) < 4.78 is 5.11. The Morgan fingerprint density at radius 2 is 2.07 bits per heavy atom. The Kier molecular flexibility index (Phi) is 4.86. The second-order valence-electron chi connectivity index (χ2n) is 7.87. The zero-order chi connectivity index (χ0) is 20.6. The Morgan fingerprint density at radius 1 is 1.31 bits per heavy atom. The number of benzene rings is 1. The van der Waals surface area contributed by atoms with Gasteiger partial charge in [0.1, 0.15) is 11.8 Å². The number of hydrogen-bond donors (Lipinski definition) is 2. The molecule has 8 nitrogen and oxygen atoms in total. The van der Waals surface area contributed by atoms with Gasteiger partial charge in [-0.15, -0.1) is 0 Å². The molecule has 1 aromatic heterocycles. The molecule has 1 spiro atoms. The predicted molar refractivity (Wildman–Crippen MR) is 104 cm³/mol. The number of rotatable bonds is 4. The smallest absolute Gasteiger partial charge is 0.253 e. The molecule has 0 aliphatic carbocycles. The SMILES string of the molecule is Cc1noc(C)c1CNC(=O)[C@@H]1C[C@@]2(CCN(C(=O)c3ccccc3)C2)C(=O)N1. The van der Waals surface area contributed by atoms with Crippen molar-refractivity contribution in [3.8, 4) is 0 Å². The Bertz CT molecular complexity index is 935. The van der Waals surface area contributed by atoms with Crippen molar-refractivity contribution < 1.29 is 18.9 Å². The topological polar surface area (TPSA) is 105 Å². The summed E-state index contributed by atoms with van der Waals surface area (Å²) in [6.07, 6.45) is 0.947. The molecular formula is C21H24N4O4. The highest BCUT2D eigenvalue weighted by Crippen LogP contribution is 2.40. The van der Waals surface area contributed by atoms with Gasteiger partial charge in [-0.3, -0.25) is 14.4 Å². The van der Waals surface area contributed by atoms with Crippen LogP contribution in [0.15, 0.2) is 34.9 Å². The largest absolute Gasteiger partial charge is 0.361 e. The minimum Gasteiger partial charge on any atom is -0.361 e. The summed E-state index contributed by atoms with van der Waals surface area (Å²) in [7, 11) is 0. The van der Waals surface area contributed by atoms with E-state index < -0.39 is 11.5 Å². The molecular weight excluding hydrogens is 372 g/mol. The molecule has 2 aliphatic heterocycles. The van der Waals surface area contributed by atoms with Crippen LogP contribution in [0.1, 0.15) is 40.2 Å². The van der Waals surface area contributed by atoms with Crippen molar-refractivity contribution in [2.45, 2.75) is 39.3 Å². The van der Waals surface area contributed by atoms with E-state index in [1.807, 2.05) is 25.1 Å². The van der Waals surface area contributed by atoms with Crippen LogP contribution in [0.5, 0.6) is 0 Å². The van der Waals surface area contributed by atoms with Gasteiger partial charge in [0.2, 0.25) is 11.8 Å². The van der Waals surface area contributed by atoms with Crippen LogP contribution in [0.25, 0.3) is 0 Å². The first-order valence-electron chi connectivity index (χ1n) is 9.74. The van der Waals surface area contributed by atoms with Crippen LogP contribution in [0.4, 0.5) is 0 Å². The first kappa shape index (κ1) is 19.2. The number of aryl methyl sites for hydroxylation is 2. The first-order valence-corrected chi connectivity index (χ1v) is 9.74. The molecule has 152 valence electrons.